The summed E-state index contributed by atoms with van der Waals surface area (Å²) in [7, 11) is 1.57. The Kier molecular flexibility index (Phi) is 3.39. The molecule has 0 fully saturated rings. The van der Waals surface area contributed by atoms with Gasteiger partial charge in [-0.2, -0.15) is 0 Å². The molecule has 0 aromatic heterocycles. The maximum atomic E-state index is 9.94. The van der Waals surface area contributed by atoms with E-state index in [9.17, 15) is 10.1 Å². The zero-order chi connectivity index (χ0) is 9.68. The van der Waals surface area contributed by atoms with Crippen molar-refractivity contribution in [3.05, 3.63) is 34.4 Å². The lowest BCUT2D eigenvalue weighted by molar-refractivity contribution is -0.516. The van der Waals surface area contributed by atoms with Gasteiger partial charge in [-0.3, -0.25) is 0 Å². The quantitative estimate of drug-likeness (QED) is 0.453. The van der Waals surface area contributed by atoms with Gasteiger partial charge in [0.2, 0.25) is 0 Å². The van der Waals surface area contributed by atoms with Gasteiger partial charge in [0, 0.05) is 4.90 Å². The Hall–Kier alpha value is -1.43. The zero-order valence-corrected chi connectivity index (χ0v) is 7.71. The summed E-state index contributed by atoms with van der Waals surface area (Å²) in [6, 6.07) is 6.95. The van der Waals surface area contributed by atoms with Crippen molar-refractivity contribution in [1.82, 2.24) is 4.83 Å². The summed E-state index contributed by atoms with van der Waals surface area (Å²) in [5.41, 5.74) is 0. The molecule has 1 N–H and O–H groups in total. The molecule has 0 aliphatic carbocycles. The molecule has 6 heteroatoms. The molecule has 0 heterocycles. The Morgan fingerprint density at radius 3 is 2.54 bits per heavy atom. The summed E-state index contributed by atoms with van der Waals surface area (Å²) in [6.07, 6.45) is 0. The zero-order valence-electron chi connectivity index (χ0n) is 6.89. The minimum absolute atomic E-state index is 0.602. The monoisotopic (exact) mass is 200 g/mol. The van der Waals surface area contributed by atoms with E-state index >= 15 is 0 Å². The first kappa shape index (κ1) is 9.66. The van der Waals surface area contributed by atoms with E-state index in [4.69, 9.17) is 4.74 Å². The van der Waals surface area contributed by atoms with Crippen LogP contribution in [0.5, 0.6) is 5.75 Å². The van der Waals surface area contributed by atoms with Gasteiger partial charge >= 0.3 is 0 Å². The molecular weight excluding hydrogens is 192 g/mol. The SMILES string of the molecule is COc1ccc(SN[N+](=O)[O-])cc1. The summed E-state index contributed by atoms with van der Waals surface area (Å²) in [5, 5.41) is 9.34. The second-order valence-corrected chi connectivity index (χ2v) is 2.98. The second-order valence-electron chi connectivity index (χ2n) is 2.13. The second kappa shape index (κ2) is 4.56. The third-order valence-electron chi connectivity index (χ3n) is 1.30. The molecule has 0 aliphatic rings. The predicted octanol–water partition coefficient (Wildman–Crippen LogP) is 1.48. The molecule has 0 atom stereocenters. The fraction of sp³-hybridized carbons (Fsp3) is 0.143. The summed E-state index contributed by atoms with van der Waals surface area (Å²) < 4.78 is 4.93. The smallest absolute Gasteiger partial charge is 0.168 e. The molecule has 1 aromatic carbocycles. The number of ether oxygens (including phenoxy) is 1. The van der Waals surface area contributed by atoms with Crippen molar-refractivity contribution in [1.29, 1.82) is 0 Å². The van der Waals surface area contributed by atoms with Crippen LogP contribution in [-0.4, -0.2) is 12.1 Å². The van der Waals surface area contributed by atoms with Crippen molar-refractivity contribution >= 4 is 11.9 Å². The fourth-order valence-corrected chi connectivity index (χ4v) is 1.19. The highest BCUT2D eigenvalue weighted by molar-refractivity contribution is 7.97. The van der Waals surface area contributed by atoms with Gasteiger partial charge in [0.05, 0.1) is 19.1 Å². The third kappa shape index (κ3) is 3.20. The number of rotatable bonds is 4. The van der Waals surface area contributed by atoms with Crippen LogP contribution < -0.4 is 9.57 Å². The largest absolute Gasteiger partial charge is 0.497 e. The van der Waals surface area contributed by atoms with E-state index in [-0.39, 0.29) is 0 Å². The minimum Gasteiger partial charge on any atom is -0.497 e. The van der Waals surface area contributed by atoms with Crippen LogP contribution in [0.3, 0.4) is 0 Å². The van der Waals surface area contributed by atoms with Crippen LogP contribution in [0.2, 0.25) is 0 Å². The first-order chi connectivity index (χ1) is 6.22. The Morgan fingerprint density at radius 2 is 2.08 bits per heavy atom. The van der Waals surface area contributed by atoms with Gasteiger partial charge in [0.25, 0.3) is 0 Å². The topological polar surface area (TPSA) is 64.4 Å². The molecule has 13 heavy (non-hydrogen) atoms. The molecule has 0 amide bonds. The van der Waals surface area contributed by atoms with E-state index in [1.54, 1.807) is 31.4 Å². The van der Waals surface area contributed by atoms with Gasteiger partial charge < -0.3 is 4.74 Å². The molecule has 5 nitrogen and oxygen atoms in total. The Balaban J connectivity index is 2.54. The average molecular weight is 200 g/mol. The van der Waals surface area contributed by atoms with Crippen molar-refractivity contribution in [2.75, 3.05) is 7.11 Å². The predicted molar refractivity (Wildman–Crippen MR) is 49.0 cm³/mol. The number of hydrazine groups is 1. The van der Waals surface area contributed by atoms with Gasteiger partial charge in [-0.1, -0.05) is 4.83 Å². The number of benzene rings is 1. The van der Waals surface area contributed by atoms with E-state index in [2.05, 4.69) is 0 Å². The van der Waals surface area contributed by atoms with Crippen molar-refractivity contribution in [3.8, 4) is 5.75 Å². The normalized spacial score (nSPS) is 9.31. The van der Waals surface area contributed by atoms with Crippen LogP contribution in [0.25, 0.3) is 0 Å². The molecule has 0 unspecified atom stereocenters. The highest BCUT2D eigenvalue weighted by Gasteiger charge is 1.98. The van der Waals surface area contributed by atoms with Crippen molar-refractivity contribution in [2.45, 2.75) is 4.90 Å². The third-order valence-corrected chi connectivity index (χ3v) is 2.05. The molecule has 0 saturated heterocycles. The molecule has 70 valence electrons. The Morgan fingerprint density at radius 1 is 1.46 bits per heavy atom. The standard InChI is InChI=1S/C7H8N2O3S/c1-12-6-2-4-7(5-3-6)13-8-9(10)11/h2-5,8H,1H3. The summed E-state index contributed by atoms with van der Waals surface area (Å²) in [4.78, 5) is 12.7. The summed E-state index contributed by atoms with van der Waals surface area (Å²) in [6.45, 7) is 0. The first-order valence-electron chi connectivity index (χ1n) is 3.43. The van der Waals surface area contributed by atoms with E-state index in [1.165, 1.54) is 0 Å². The fourth-order valence-electron chi connectivity index (χ4n) is 0.734. The van der Waals surface area contributed by atoms with Crippen LogP contribution in [0.1, 0.15) is 0 Å². The lowest BCUT2D eigenvalue weighted by Gasteiger charge is -2.00. The number of methoxy groups -OCH3 is 1. The molecule has 0 radical (unpaired) electrons. The van der Waals surface area contributed by atoms with Crippen LogP contribution in [0.4, 0.5) is 0 Å². The van der Waals surface area contributed by atoms with Crippen molar-refractivity contribution in [3.63, 3.8) is 0 Å². The van der Waals surface area contributed by atoms with Gasteiger partial charge in [-0.15, -0.1) is 0 Å². The van der Waals surface area contributed by atoms with Crippen molar-refractivity contribution in [2.24, 2.45) is 0 Å². The van der Waals surface area contributed by atoms with E-state index in [1.807, 2.05) is 4.83 Å². The maximum absolute atomic E-state index is 9.94. The number of nitrogens with zero attached hydrogens (tertiary/aromatic N) is 1. The Bertz CT molecular complexity index is 288. The van der Waals surface area contributed by atoms with Gasteiger partial charge in [-0.25, -0.2) is 10.1 Å². The molecule has 0 spiro atoms. The molecule has 1 rings (SSSR count). The molecular formula is C7H8N2O3S. The first-order valence-corrected chi connectivity index (χ1v) is 4.25. The van der Waals surface area contributed by atoms with Crippen LogP contribution >= 0.6 is 11.9 Å². The summed E-state index contributed by atoms with van der Waals surface area (Å²) >= 11 is 0.943. The summed E-state index contributed by atoms with van der Waals surface area (Å²) in [5.74, 6) is 0.727. The highest BCUT2D eigenvalue weighted by atomic mass is 32.2. The minimum atomic E-state index is -0.602. The van der Waals surface area contributed by atoms with Crippen LogP contribution in [-0.2, 0) is 0 Å². The van der Waals surface area contributed by atoms with E-state index < -0.39 is 5.03 Å². The lowest BCUT2D eigenvalue weighted by atomic mass is 10.3. The molecule has 0 saturated carbocycles. The van der Waals surface area contributed by atoms with Crippen LogP contribution in [0.15, 0.2) is 29.2 Å². The number of nitro groups is 1. The average Bonchev–Trinajstić information content (AvgIpc) is 2.15. The van der Waals surface area contributed by atoms with E-state index in [0.29, 0.717) is 0 Å². The number of hydrogen-bond donors (Lipinski definition) is 1. The number of nitrogens with one attached hydrogen (secondary N) is 1. The van der Waals surface area contributed by atoms with Gasteiger partial charge in [-0.05, 0) is 24.3 Å². The molecule has 0 bridgehead atoms. The van der Waals surface area contributed by atoms with Gasteiger partial charge in [0.1, 0.15) is 5.75 Å². The van der Waals surface area contributed by atoms with Crippen molar-refractivity contribution < 1.29 is 9.77 Å². The molecule has 0 aliphatic heterocycles. The van der Waals surface area contributed by atoms with Gasteiger partial charge in [0.15, 0.2) is 5.03 Å². The number of hydrogen-bond acceptors (Lipinski definition) is 4. The highest BCUT2D eigenvalue weighted by Crippen LogP contribution is 2.18. The van der Waals surface area contributed by atoms with Crippen LogP contribution in [0, 0.1) is 10.1 Å². The Labute approximate surface area is 79.3 Å². The molecule has 1 aromatic rings. The maximum Gasteiger partial charge on any atom is 0.168 e. The van der Waals surface area contributed by atoms with E-state index in [0.717, 1.165) is 22.6 Å². The lowest BCUT2D eigenvalue weighted by Crippen LogP contribution is -2.11.